The van der Waals surface area contributed by atoms with Gasteiger partial charge in [0.2, 0.25) is 5.91 Å². The number of amides is 4. The number of anilines is 1. The molecule has 8 nitrogen and oxygen atoms in total. The molecule has 8 heteroatoms. The molecule has 0 atom stereocenters. The molecule has 0 unspecified atom stereocenters. The van der Waals surface area contributed by atoms with Crippen molar-refractivity contribution in [3.8, 4) is 5.75 Å². The summed E-state index contributed by atoms with van der Waals surface area (Å²) in [4.78, 5) is 37.8. The van der Waals surface area contributed by atoms with Gasteiger partial charge in [-0.3, -0.25) is 14.5 Å². The lowest BCUT2D eigenvalue weighted by molar-refractivity contribution is -0.133. The predicted octanol–water partition coefficient (Wildman–Crippen LogP) is 0.827. The highest BCUT2D eigenvalue weighted by Crippen LogP contribution is 2.34. The van der Waals surface area contributed by atoms with Crippen molar-refractivity contribution < 1.29 is 19.1 Å². The molecule has 1 saturated heterocycles. The third-order valence-corrected chi connectivity index (χ3v) is 4.53. The van der Waals surface area contributed by atoms with Crippen molar-refractivity contribution >= 4 is 23.5 Å². The topological polar surface area (TPSA) is 114 Å². The Hall–Kier alpha value is -2.61. The molecule has 25 heavy (non-hydrogen) atoms. The standard InChI is InChI=1S/C17H22N4O4/c18-9-10-25-13-5-3-12(4-6-13)19-14(22)11-21-15(23)17(20-16(21)24)7-1-2-8-17/h3-6H,1-2,7-11,18H2,(H,19,22)(H,20,24). The quantitative estimate of drug-likeness (QED) is 0.660. The Bertz CT molecular complexity index is 668. The van der Waals surface area contributed by atoms with Gasteiger partial charge in [-0.15, -0.1) is 0 Å². The van der Waals surface area contributed by atoms with E-state index in [1.165, 1.54) is 0 Å². The van der Waals surface area contributed by atoms with Crippen molar-refractivity contribution in [3.05, 3.63) is 24.3 Å². The van der Waals surface area contributed by atoms with Crippen molar-refractivity contribution in [2.45, 2.75) is 31.2 Å². The van der Waals surface area contributed by atoms with Crippen LogP contribution in [0.1, 0.15) is 25.7 Å². The number of urea groups is 1. The molecule has 0 aromatic heterocycles. The summed E-state index contributed by atoms with van der Waals surface area (Å²) in [6.45, 7) is 0.545. The van der Waals surface area contributed by atoms with Crippen LogP contribution < -0.4 is 21.1 Å². The van der Waals surface area contributed by atoms with Crippen LogP contribution in [0, 0.1) is 0 Å². The number of nitrogens with zero attached hydrogens (tertiary/aromatic N) is 1. The molecule has 134 valence electrons. The van der Waals surface area contributed by atoms with E-state index in [2.05, 4.69) is 10.6 Å². The van der Waals surface area contributed by atoms with E-state index in [4.69, 9.17) is 10.5 Å². The van der Waals surface area contributed by atoms with Crippen molar-refractivity contribution in [2.24, 2.45) is 5.73 Å². The maximum atomic E-state index is 12.5. The number of hydrogen-bond acceptors (Lipinski definition) is 5. The molecule has 2 aliphatic rings. The summed E-state index contributed by atoms with van der Waals surface area (Å²) in [7, 11) is 0. The fraction of sp³-hybridized carbons (Fsp3) is 0.471. The van der Waals surface area contributed by atoms with Crippen LogP contribution in [0.5, 0.6) is 5.75 Å². The molecule has 1 aliphatic carbocycles. The first kappa shape index (κ1) is 17.2. The van der Waals surface area contributed by atoms with Gasteiger partial charge in [-0.1, -0.05) is 12.8 Å². The van der Waals surface area contributed by atoms with Crippen molar-refractivity contribution in [3.63, 3.8) is 0 Å². The third-order valence-electron chi connectivity index (χ3n) is 4.53. The molecule has 1 aliphatic heterocycles. The van der Waals surface area contributed by atoms with E-state index in [0.29, 0.717) is 37.4 Å². The lowest BCUT2D eigenvalue weighted by Crippen LogP contribution is -2.44. The molecule has 1 saturated carbocycles. The number of nitrogens with two attached hydrogens (primary N) is 1. The molecule has 0 bridgehead atoms. The van der Waals surface area contributed by atoms with Crippen LogP contribution in [0.3, 0.4) is 0 Å². The van der Waals surface area contributed by atoms with Crippen LogP contribution >= 0.6 is 0 Å². The smallest absolute Gasteiger partial charge is 0.325 e. The number of benzene rings is 1. The summed E-state index contributed by atoms with van der Waals surface area (Å²) in [6, 6.07) is 6.31. The first-order chi connectivity index (χ1) is 12.0. The van der Waals surface area contributed by atoms with Crippen molar-refractivity contribution in [2.75, 3.05) is 25.0 Å². The van der Waals surface area contributed by atoms with Gasteiger partial charge >= 0.3 is 6.03 Å². The zero-order valence-corrected chi connectivity index (χ0v) is 13.9. The molecular weight excluding hydrogens is 324 g/mol. The second-order valence-electron chi connectivity index (χ2n) is 6.32. The van der Waals surface area contributed by atoms with E-state index in [0.717, 1.165) is 17.7 Å². The normalized spacial score (nSPS) is 18.5. The van der Waals surface area contributed by atoms with Gasteiger partial charge in [0.1, 0.15) is 24.4 Å². The Labute approximate surface area is 145 Å². The fourth-order valence-corrected chi connectivity index (χ4v) is 3.29. The van der Waals surface area contributed by atoms with Gasteiger partial charge in [-0.2, -0.15) is 0 Å². The molecule has 1 aromatic rings. The number of nitrogens with one attached hydrogen (secondary N) is 2. The van der Waals surface area contributed by atoms with E-state index >= 15 is 0 Å². The van der Waals surface area contributed by atoms with Gasteiger partial charge in [0.15, 0.2) is 0 Å². The molecule has 0 radical (unpaired) electrons. The van der Waals surface area contributed by atoms with Gasteiger partial charge in [0, 0.05) is 12.2 Å². The molecular formula is C17H22N4O4. The Balaban J connectivity index is 1.57. The van der Waals surface area contributed by atoms with Crippen LogP contribution in [0.15, 0.2) is 24.3 Å². The SMILES string of the molecule is NCCOc1ccc(NC(=O)CN2C(=O)NC3(CCCC3)C2=O)cc1. The molecule has 1 heterocycles. The van der Waals surface area contributed by atoms with Crippen molar-refractivity contribution in [1.82, 2.24) is 10.2 Å². The molecule has 4 N–H and O–H groups in total. The predicted molar refractivity (Wildman–Crippen MR) is 91.1 cm³/mol. The van der Waals surface area contributed by atoms with E-state index in [9.17, 15) is 14.4 Å². The summed E-state index contributed by atoms with van der Waals surface area (Å²) in [5, 5.41) is 5.44. The number of ether oxygens (including phenoxy) is 1. The summed E-state index contributed by atoms with van der Waals surface area (Å²) < 4.78 is 5.36. The zero-order chi connectivity index (χ0) is 17.9. The van der Waals surface area contributed by atoms with Crippen LogP contribution in [-0.4, -0.2) is 48.0 Å². The van der Waals surface area contributed by atoms with Crippen molar-refractivity contribution in [1.29, 1.82) is 0 Å². The molecule has 1 aromatic carbocycles. The monoisotopic (exact) mass is 346 g/mol. The Morgan fingerprint density at radius 3 is 2.56 bits per heavy atom. The summed E-state index contributed by atoms with van der Waals surface area (Å²) in [5.74, 6) is -0.0643. The molecule has 1 spiro atoms. The van der Waals surface area contributed by atoms with E-state index in [-0.39, 0.29) is 12.5 Å². The lowest BCUT2D eigenvalue weighted by Gasteiger charge is -2.19. The maximum Gasteiger partial charge on any atom is 0.325 e. The minimum atomic E-state index is -0.792. The molecule has 4 amide bonds. The second-order valence-corrected chi connectivity index (χ2v) is 6.32. The molecule has 2 fully saturated rings. The average Bonchev–Trinajstić information content (AvgIpc) is 3.15. The van der Waals surface area contributed by atoms with Gasteiger partial charge < -0.3 is 21.1 Å². The Kier molecular flexibility index (Phi) is 4.89. The van der Waals surface area contributed by atoms with E-state index in [1.807, 2.05) is 0 Å². The average molecular weight is 346 g/mol. The zero-order valence-electron chi connectivity index (χ0n) is 13.9. The van der Waals surface area contributed by atoms with Gasteiger partial charge in [-0.25, -0.2) is 4.79 Å². The Morgan fingerprint density at radius 2 is 1.92 bits per heavy atom. The van der Waals surface area contributed by atoms with Crippen LogP contribution in [0.2, 0.25) is 0 Å². The maximum absolute atomic E-state index is 12.5. The highest BCUT2D eigenvalue weighted by Gasteiger charge is 2.52. The molecule has 3 rings (SSSR count). The minimum absolute atomic E-state index is 0.294. The Morgan fingerprint density at radius 1 is 1.24 bits per heavy atom. The minimum Gasteiger partial charge on any atom is -0.492 e. The van der Waals surface area contributed by atoms with E-state index < -0.39 is 17.5 Å². The fourth-order valence-electron chi connectivity index (χ4n) is 3.29. The largest absolute Gasteiger partial charge is 0.492 e. The number of imide groups is 1. The summed E-state index contributed by atoms with van der Waals surface area (Å²) in [5.41, 5.74) is 5.14. The first-order valence-corrected chi connectivity index (χ1v) is 8.41. The van der Waals surface area contributed by atoms with Gasteiger partial charge in [0.25, 0.3) is 5.91 Å². The number of carbonyl (C=O) groups is 3. The van der Waals surface area contributed by atoms with Crippen LogP contribution in [0.4, 0.5) is 10.5 Å². The second kappa shape index (κ2) is 7.10. The highest BCUT2D eigenvalue weighted by molar-refractivity contribution is 6.10. The number of rotatable bonds is 6. The van der Waals surface area contributed by atoms with Crippen LogP contribution in [0.25, 0.3) is 0 Å². The van der Waals surface area contributed by atoms with Gasteiger partial charge in [0.05, 0.1) is 0 Å². The summed E-state index contributed by atoms with van der Waals surface area (Å²) in [6.07, 6.45) is 3.09. The highest BCUT2D eigenvalue weighted by atomic mass is 16.5. The number of hydrogen-bond donors (Lipinski definition) is 3. The number of carbonyl (C=O) groups excluding carboxylic acids is 3. The van der Waals surface area contributed by atoms with Crippen LogP contribution in [-0.2, 0) is 9.59 Å². The van der Waals surface area contributed by atoms with E-state index in [1.54, 1.807) is 24.3 Å². The summed E-state index contributed by atoms with van der Waals surface area (Å²) >= 11 is 0. The lowest BCUT2D eigenvalue weighted by atomic mass is 9.98. The first-order valence-electron chi connectivity index (χ1n) is 8.41. The third kappa shape index (κ3) is 3.58. The van der Waals surface area contributed by atoms with Gasteiger partial charge in [-0.05, 0) is 37.1 Å².